The maximum Gasteiger partial charge on any atom is 0.0330 e. The number of hydrogen-bond donors (Lipinski definition) is 1. The van der Waals surface area contributed by atoms with Crippen molar-refractivity contribution < 1.29 is 0 Å². The molecule has 0 aromatic rings. The zero-order valence-corrected chi connectivity index (χ0v) is 11.2. The molecule has 0 atom stereocenters. The van der Waals surface area contributed by atoms with Crippen molar-refractivity contribution in [1.29, 1.82) is 0 Å². The summed E-state index contributed by atoms with van der Waals surface area (Å²) in [6.07, 6.45) is 4.04. The number of nitrogens with zero attached hydrogens (tertiary/aromatic N) is 2. The Labute approximate surface area is 99.7 Å². The van der Waals surface area contributed by atoms with E-state index >= 15 is 0 Å². The van der Waals surface area contributed by atoms with Crippen LogP contribution < -0.4 is 0 Å². The fraction of sp³-hybridized carbons (Fsp3) is 0.833. The first-order valence-corrected chi connectivity index (χ1v) is 6.27. The second-order valence-electron chi connectivity index (χ2n) is 5.05. The SMILES string of the molecule is C=C(CS)CN(C)CC1(N(C)C)CCC1. The predicted octanol–water partition coefficient (Wildman–Crippen LogP) is 1.89. The van der Waals surface area contributed by atoms with Gasteiger partial charge in [-0.3, -0.25) is 0 Å². The Hall–Kier alpha value is 0.01000. The molecule has 0 aromatic carbocycles. The molecule has 1 aliphatic carbocycles. The zero-order valence-electron chi connectivity index (χ0n) is 10.3. The normalized spacial score (nSPS) is 19.3. The summed E-state index contributed by atoms with van der Waals surface area (Å²) in [5.74, 6) is 0.791. The number of hydrogen-bond acceptors (Lipinski definition) is 3. The van der Waals surface area contributed by atoms with Gasteiger partial charge in [0.2, 0.25) is 0 Å². The van der Waals surface area contributed by atoms with E-state index in [1.807, 2.05) is 0 Å². The van der Waals surface area contributed by atoms with Crippen molar-refractivity contribution >= 4 is 12.6 Å². The number of likely N-dealkylation sites (N-methyl/N-ethyl adjacent to an activating group) is 2. The third-order valence-corrected chi connectivity index (χ3v) is 3.96. The molecule has 0 aliphatic heterocycles. The van der Waals surface area contributed by atoms with E-state index in [1.165, 1.54) is 24.8 Å². The summed E-state index contributed by atoms with van der Waals surface area (Å²) in [4.78, 5) is 4.76. The van der Waals surface area contributed by atoms with Crippen molar-refractivity contribution in [3.63, 3.8) is 0 Å². The lowest BCUT2D eigenvalue weighted by molar-refractivity contribution is 0.0302. The van der Waals surface area contributed by atoms with Gasteiger partial charge in [0.05, 0.1) is 0 Å². The lowest BCUT2D eigenvalue weighted by atomic mass is 9.75. The molecule has 0 saturated heterocycles. The Morgan fingerprint density at radius 3 is 2.27 bits per heavy atom. The Kier molecular flexibility index (Phi) is 4.68. The molecule has 0 radical (unpaired) electrons. The highest BCUT2D eigenvalue weighted by molar-refractivity contribution is 7.80. The van der Waals surface area contributed by atoms with Crippen LogP contribution in [0, 0.1) is 0 Å². The summed E-state index contributed by atoms with van der Waals surface area (Å²) < 4.78 is 0. The van der Waals surface area contributed by atoms with Gasteiger partial charge >= 0.3 is 0 Å². The maximum absolute atomic E-state index is 4.24. The van der Waals surface area contributed by atoms with E-state index in [0.29, 0.717) is 5.54 Å². The lowest BCUT2D eigenvalue weighted by Gasteiger charge is -2.49. The van der Waals surface area contributed by atoms with Crippen LogP contribution in [0.15, 0.2) is 12.2 Å². The van der Waals surface area contributed by atoms with Crippen LogP contribution >= 0.6 is 12.6 Å². The molecule has 1 rings (SSSR count). The van der Waals surface area contributed by atoms with Gasteiger partial charge in [-0.2, -0.15) is 12.6 Å². The van der Waals surface area contributed by atoms with Gasteiger partial charge in [0.1, 0.15) is 0 Å². The van der Waals surface area contributed by atoms with Crippen molar-refractivity contribution in [2.75, 3.05) is 40.0 Å². The predicted molar refractivity (Wildman–Crippen MR) is 70.8 cm³/mol. The summed E-state index contributed by atoms with van der Waals surface area (Å²) >= 11 is 4.24. The summed E-state index contributed by atoms with van der Waals surface area (Å²) in [6, 6.07) is 0. The Morgan fingerprint density at radius 2 is 1.93 bits per heavy atom. The van der Waals surface area contributed by atoms with E-state index in [9.17, 15) is 0 Å². The van der Waals surface area contributed by atoms with Gasteiger partial charge < -0.3 is 9.80 Å². The molecule has 0 heterocycles. The van der Waals surface area contributed by atoms with Crippen LogP contribution in [0.5, 0.6) is 0 Å². The van der Waals surface area contributed by atoms with Gasteiger partial charge in [-0.15, -0.1) is 0 Å². The molecule has 0 N–H and O–H groups in total. The molecule has 1 fully saturated rings. The molecule has 0 spiro atoms. The topological polar surface area (TPSA) is 6.48 Å². The van der Waals surface area contributed by atoms with E-state index in [4.69, 9.17) is 0 Å². The van der Waals surface area contributed by atoms with Crippen LogP contribution in [-0.2, 0) is 0 Å². The highest BCUT2D eigenvalue weighted by Crippen LogP contribution is 2.36. The summed E-state index contributed by atoms with van der Waals surface area (Å²) in [5, 5.41) is 0. The molecular formula is C12H24N2S. The average Bonchev–Trinajstić information content (AvgIpc) is 2.10. The molecule has 0 bridgehead atoms. The van der Waals surface area contributed by atoms with Crippen LogP contribution in [0.25, 0.3) is 0 Å². The van der Waals surface area contributed by atoms with Gasteiger partial charge in [-0.1, -0.05) is 12.2 Å². The van der Waals surface area contributed by atoms with Gasteiger partial charge in [-0.05, 0) is 40.4 Å². The molecule has 88 valence electrons. The van der Waals surface area contributed by atoms with Gasteiger partial charge in [0, 0.05) is 24.4 Å². The van der Waals surface area contributed by atoms with Crippen molar-refractivity contribution in [3.05, 3.63) is 12.2 Å². The van der Waals surface area contributed by atoms with Crippen LogP contribution in [-0.4, -0.2) is 55.3 Å². The molecule has 15 heavy (non-hydrogen) atoms. The monoisotopic (exact) mass is 228 g/mol. The fourth-order valence-corrected chi connectivity index (χ4v) is 2.42. The van der Waals surface area contributed by atoms with Crippen molar-refractivity contribution in [2.45, 2.75) is 24.8 Å². The van der Waals surface area contributed by atoms with Crippen LogP contribution in [0.3, 0.4) is 0 Å². The maximum atomic E-state index is 4.24. The van der Waals surface area contributed by atoms with E-state index in [0.717, 1.165) is 18.8 Å². The molecule has 0 amide bonds. The number of thiol groups is 1. The average molecular weight is 228 g/mol. The Morgan fingerprint density at radius 1 is 1.33 bits per heavy atom. The highest BCUT2D eigenvalue weighted by atomic mass is 32.1. The van der Waals surface area contributed by atoms with Gasteiger partial charge in [-0.25, -0.2) is 0 Å². The Bertz CT molecular complexity index is 222. The molecule has 1 saturated carbocycles. The standard InChI is InChI=1S/C12H24N2S/c1-11(9-15)8-14(4)10-12(13(2)3)6-5-7-12/h15H,1,5-10H2,2-4H3. The Balaban J connectivity index is 2.42. The quantitative estimate of drug-likeness (QED) is 0.548. The van der Waals surface area contributed by atoms with E-state index in [-0.39, 0.29) is 0 Å². The third-order valence-electron chi connectivity index (χ3n) is 3.51. The van der Waals surface area contributed by atoms with Gasteiger partial charge in [0.15, 0.2) is 0 Å². The first-order chi connectivity index (χ1) is 7.00. The summed E-state index contributed by atoms with van der Waals surface area (Å²) in [5.41, 5.74) is 1.63. The smallest absolute Gasteiger partial charge is 0.0330 e. The van der Waals surface area contributed by atoms with Crippen molar-refractivity contribution in [3.8, 4) is 0 Å². The minimum Gasteiger partial charge on any atom is -0.302 e. The molecule has 0 aromatic heterocycles. The van der Waals surface area contributed by atoms with Crippen molar-refractivity contribution in [2.24, 2.45) is 0 Å². The minimum atomic E-state index is 0.422. The molecule has 0 unspecified atom stereocenters. The van der Waals surface area contributed by atoms with Crippen LogP contribution in [0.1, 0.15) is 19.3 Å². The second kappa shape index (κ2) is 5.37. The lowest BCUT2D eigenvalue weighted by Crippen LogP contribution is -2.56. The molecule has 2 nitrogen and oxygen atoms in total. The van der Waals surface area contributed by atoms with Gasteiger partial charge in [0.25, 0.3) is 0 Å². The van der Waals surface area contributed by atoms with E-state index in [1.54, 1.807) is 0 Å². The second-order valence-corrected chi connectivity index (χ2v) is 5.37. The fourth-order valence-electron chi connectivity index (χ4n) is 2.32. The summed E-state index contributed by atoms with van der Waals surface area (Å²) in [6.45, 7) is 6.12. The number of rotatable bonds is 6. The minimum absolute atomic E-state index is 0.422. The van der Waals surface area contributed by atoms with Crippen LogP contribution in [0.4, 0.5) is 0 Å². The largest absolute Gasteiger partial charge is 0.302 e. The first kappa shape index (κ1) is 13.1. The first-order valence-electron chi connectivity index (χ1n) is 5.64. The molecule has 1 aliphatic rings. The van der Waals surface area contributed by atoms with Crippen LogP contribution in [0.2, 0.25) is 0 Å². The molecule has 3 heteroatoms. The summed E-state index contributed by atoms with van der Waals surface area (Å²) in [7, 11) is 6.57. The van der Waals surface area contributed by atoms with E-state index < -0.39 is 0 Å². The zero-order chi connectivity index (χ0) is 11.5. The van der Waals surface area contributed by atoms with Crippen molar-refractivity contribution in [1.82, 2.24) is 9.80 Å². The highest BCUT2D eigenvalue weighted by Gasteiger charge is 2.39. The third kappa shape index (κ3) is 3.23. The van der Waals surface area contributed by atoms with E-state index in [2.05, 4.69) is 50.2 Å². The molecular weight excluding hydrogens is 204 g/mol.